The summed E-state index contributed by atoms with van der Waals surface area (Å²) in [5.41, 5.74) is 1.13. The topological polar surface area (TPSA) is 105 Å². The molecule has 1 atom stereocenters. The van der Waals surface area contributed by atoms with E-state index in [0.29, 0.717) is 24.2 Å². The van der Waals surface area contributed by atoms with Crippen LogP contribution in [0.25, 0.3) is 0 Å². The number of carbonyl (C=O) groups excluding carboxylic acids is 2. The van der Waals surface area contributed by atoms with E-state index in [1.807, 2.05) is 0 Å². The van der Waals surface area contributed by atoms with Gasteiger partial charge in [0.25, 0.3) is 0 Å². The third-order valence-corrected chi connectivity index (χ3v) is 6.86. The van der Waals surface area contributed by atoms with Crippen LogP contribution in [0.2, 0.25) is 0 Å². The van der Waals surface area contributed by atoms with Gasteiger partial charge in [-0.15, -0.1) is 0 Å². The third kappa shape index (κ3) is 5.39. The van der Waals surface area contributed by atoms with Gasteiger partial charge < -0.3 is 15.4 Å². The Morgan fingerprint density at radius 2 is 1.74 bits per heavy atom. The fraction of sp³-hybridized carbons (Fsp3) is 0.333. The first-order chi connectivity index (χ1) is 14.7. The molecule has 1 aliphatic rings. The molecular formula is C21H24FN3O5S. The van der Waals surface area contributed by atoms with E-state index >= 15 is 0 Å². The summed E-state index contributed by atoms with van der Waals surface area (Å²) in [5, 5.41) is 5.42. The Kier molecular flexibility index (Phi) is 6.91. The van der Waals surface area contributed by atoms with Crippen LogP contribution in [0.3, 0.4) is 0 Å². The number of carbonyl (C=O) groups is 2. The van der Waals surface area contributed by atoms with Crippen molar-refractivity contribution in [3.05, 3.63) is 48.3 Å². The van der Waals surface area contributed by atoms with Crippen LogP contribution in [-0.4, -0.2) is 44.7 Å². The van der Waals surface area contributed by atoms with E-state index in [9.17, 15) is 22.4 Å². The van der Waals surface area contributed by atoms with Gasteiger partial charge in [0.1, 0.15) is 16.5 Å². The molecule has 2 N–H and O–H groups in total. The number of amides is 2. The molecule has 10 heteroatoms. The van der Waals surface area contributed by atoms with E-state index in [2.05, 4.69) is 10.6 Å². The summed E-state index contributed by atoms with van der Waals surface area (Å²) >= 11 is 0. The van der Waals surface area contributed by atoms with Crippen LogP contribution in [0, 0.1) is 11.7 Å². The maximum Gasteiger partial charge on any atom is 0.246 e. The summed E-state index contributed by atoms with van der Waals surface area (Å²) in [5.74, 6) is -1.70. The summed E-state index contributed by atoms with van der Waals surface area (Å²) < 4.78 is 46.1. The average molecular weight is 450 g/mol. The molecule has 1 aliphatic heterocycles. The molecule has 0 radical (unpaired) electrons. The lowest BCUT2D eigenvalue weighted by Gasteiger charge is -2.31. The molecule has 0 saturated carbocycles. The minimum absolute atomic E-state index is 0.0161. The standard InChI is InChI=1S/C21H24FN3O5S/c1-14(26)23-17-6-8-18(9-7-17)24-21(27)15-4-3-11-25(13-15)31(28,29)20-12-16(22)5-10-19(20)30-2/h5-10,12,15H,3-4,11,13H2,1-2H3,(H,23,26)(H,24,27). The van der Waals surface area contributed by atoms with E-state index < -0.39 is 21.8 Å². The largest absolute Gasteiger partial charge is 0.495 e. The van der Waals surface area contributed by atoms with Gasteiger partial charge in [0.15, 0.2) is 0 Å². The van der Waals surface area contributed by atoms with Crippen molar-refractivity contribution < 1.29 is 27.1 Å². The van der Waals surface area contributed by atoms with Gasteiger partial charge in [-0.2, -0.15) is 4.31 Å². The van der Waals surface area contributed by atoms with E-state index in [4.69, 9.17) is 4.74 Å². The number of piperidine rings is 1. The molecule has 0 spiro atoms. The zero-order valence-electron chi connectivity index (χ0n) is 17.2. The van der Waals surface area contributed by atoms with E-state index in [-0.39, 0.29) is 35.5 Å². The normalized spacial score (nSPS) is 17.1. The van der Waals surface area contributed by atoms with Crippen molar-refractivity contribution in [1.82, 2.24) is 4.31 Å². The van der Waals surface area contributed by atoms with E-state index in [0.717, 1.165) is 12.1 Å². The Labute approximate surface area is 180 Å². The maximum absolute atomic E-state index is 13.7. The molecule has 2 aromatic rings. The van der Waals surface area contributed by atoms with Gasteiger partial charge in [-0.25, -0.2) is 12.8 Å². The van der Waals surface area contributed by atoms with E-state index in [1.165, 1.54) is 24.4 Å². The Bertz CT molecular complexity index is 1070. The summed E-state index contributed by atoms with van der Waals surface area (Å²) in [4.78, 5) is 23.6. The van der Waals surface area contributed by atoms with Crippen LogP contribution in [0.15, 0.2) is 47.4 Å². The highest BCUT2D eigenvalue weighted by atomic mass is 32.2. The van der Waals surface area contributed by atoms with Gasteiger partial charge >= 0.3 is 0 Å². The predicted octanol–water partition coefficient (Wildman–Crippen LogP) is 2.83. The van der Waals surface area contributed by atoms with Crippen molar-refractivity contribution in [3.8, 4) is 5.75 Å². The van der Waals surface area contributed by atoms with Gasteiger partial charge in [-0.05, 0) is 55.3 Å². The molecule has 1 unspecified atom stereocenters. The molecule has 31 heavy (non-hydrogen) atoms. The zero-order chi connectivity index (χ0) is 22.6. The second-order valence-electron chi connectivity index (χ2n) is 7.25. The van der Waals surface area contributed by atoms with Crippen molar-refractivity contribution in [2.75, 3.05) is 30.8 Å². The number of anilines is 2. The fourth-order valence-corrected chi connectivity index (χ4v) is 5.14. The number of benzene rings is 2. The summed E-state index contributed by atoms with van der Waals surface area (Å²) in [7, 11) is -2.72. The zero-order valence-corrected chi connectivity index (χ0v) is 18.0. The quantitative estimate of drug-likeness (QED) is 0.706. The first-order valence-electron chi connectivity index (χ1n) is 9.73. The van der Waals surface area contributed by atoms with Gasteiger partial charge in [0.05, 0.1) is 13.0 Å². The second-order valence-corrected chi connectivity index (χ2v) is 9.15. The van der Waals surface area contributed by atoms with Gasteiger partial charge in [-0.3, -0.25) is 9.59 Å². The molecule has 166 valence electrons. The SMILES string of the molecule is COc1ccc(F)cc1S(=O)(=O)N1CCCC(C(=O)Nc2ccc(NC(C)=O)cc2)C1. The molecule has 1 fully saturated rings. The number of rotatable bonds is 6. The van der Waals surface area contributed by atoms with Crippen molar-refractivity contribution in [2.24, 2.45) is 5.92 Å². The van der Waals surface area contributed by atoms with Crippen LogP contribution >= 0.6 is 0 Å². The van der Waals surface area contributed by atoms with Gasteiger partial charge in [0.2, 0.25) is 21.8 Å². The third-order valence-electron chi connectivity index (χ3n) is 4.97. The van der Waals surface area contributed by atoms with Crippen LogP contribution < -0.4 is 15.4 Å². The number of methoxy groups -OCH3 is 1. The van der Waals surface area contributed by atoms with Gasteiger partial charge in [0, 0.05) is 31.4 Å². The second kappa shape index (κ2) is 9.44. The molecule has 0 aromatic heterocycles. The summed E-state index contributed by atoms with van der Waals surface area (Å²) in [6, 6.07) is 9.93. The number of sulfonamides is 1. The number of hydrogen-bond donors (Lipinski definition) is 2. The maximum atomic E-state index is 13.7. The Morgan fingerprint density at radius 3 is 2.35 bits per heavy atom. The number of nitrogens with zero attached hydrogens (tertiary/aromatic N) is 1. The van der Waals surface area contributed by atoms with Crippen LogP contribution in [0.4, 0.5) is 15.8 Å². The Morgan fingerprint density at radius 1 is 1.10 bits per heavy atom. The molecule has 1 heterocycles. The van der Waals surface area contributed by atoms with Gasteiger partial charge in [-0.1, -0.05) is 0 Å². The predicted molar refractivity (Wildman–Crippen MR) is 114 cm³/mol. The molecule has 2 aromatic carbocycles. The van der Waals surface area contributed by atoms with Crippen molar-refractivity contribution >= 4 is 33.2 Å². The van der Waals surface area contributed by atoms with Crippen molar-refractivity contribution in [2.45, 2.75) is 24.7 Å². The molecule has 0 aliphatic carbocycles. The summed E-state index contributed by atoms with van der Waals surface area (Å²) in [6.07, 6.45) is 1.03. The molecule has 3 rings (SSSR count). The Balaban J connectivity index is 1.72. The lowest BCUT2D eigenvalue weighted by molar-refractivity contribution is -0.121. The van der Waals surface area contributed by atoms with E-state index in [1.54, 1.807) is 24.3 Å². The minimum Gasteiger partial charge on any atom is -0.495 e. The monoisotopic (exact) mass is 449 g/mol. The van der Waals surface area contributed by atoms with Crippen molar-refractivity contribution in [1.29, 1.82) is 0 Å². The number of ether oxygens (including phenoxy) is 1. The lowest BCUT2D eigenvalue weighted by Crippen LogP contribution is -2.43. The number of halogens is 1. The van der Waals surface area contributed by atoms with Crippen LogP contribution in [0.5, 0.6) is 5.75 Å². The highest BCUT2D eigenvalue weighted by Gasteiger charge is 2.35. The summed E-state index contributed by atoms with van der Waals surface area (Å²) in [6.45, 7) is 1.62. The van der Waals surface area contributed by atoms with Crippen LogP contribution in [-0.2, 0) is 19.6 Å². The number of hydrogen-bond acceptors (Lipinski definition) is 5. The number of nitrogens with one attached hydrogen (secondary N) is 2. The lowest BCUT2D eigenvalue weighted by atomic mass is 9.98. The molecule has 1 saturated heterocycles. The highest BCUT2D eigenvalue weighted by Crippen LogP contribution is 2.30. The van der Waals surface area contributed by atoms with Crippen molar-refractivity contribution in [3.63, 3.8) is 0 Å². The fourth-order valence-electron chi connectivity index (χ4n) is 3.45. The molecule has 8 nitrogen and oxygen atoms in total. The first kappa shape index (κ1) is 22.7. The highest BCUT2D eigenvalue weighted by molar-refractivity contribution is 7.89. The Hall–Kier alpha value is -2.98. The first-order valence-corrected chi connectivity index (χ1v) is 11.2. The average Bonchev–Trinajstić information content (AvgIpc) is 2.74. The smallest absolute Gasteiger partial charge is 0.246 e. The molecular weight excluding hydrogens is 425 g/mol. The molecule has 2 amide bonds. The minimum atomic E-state index is -4.04. The molecule has 0 bridgehead atoms. The van der Waals surface area contributed by atoms with Crippen LogP contribution in [0.1, 0.15) is 19.8 Å².